The molecule has 0 saturated heterocycles. The van der Waals surface area contributed by atoms with Crippen LogP contribution in [0.2, 0.25) is 0 Å². The zero-order valence-electron chi connectivity index (χ0n) is 15.8. The maximum Gasteiger partial charge on any atom is 0.122 e. The highest BCUT2D eigenvalue weighted by Crippen LogP contribution is 2.26. The van der Waals surface area contributed by atoms with Crippen LogP contribution in [0.25, 0.3) is 0 Å². The number of benzene rings is 1. The molecule has 1 rings (SSSR count). The van der Waals surface area contributed by atoms with Crippen molar-refractivity contribution in [1.82, 2.24) is 0 Å². The molecule has 2 heteroatoms. The molecule has 0 fully saturated rings. The summed E-state index contributed by atoms with van der Waals surface area (Å²) >= 11 is 0. The topological polar surface area (TPSA) is 18.5 Å². The van der Waals surface area contributed by atoms with E-state index in [1.807, 2.05) is 13.8 Å². The van der Waals surface area contributed by atoms with Crippen LogP contribution in [0, 0.1) is 12.3 Å². The summed E-state index contributed by atoms with van der Waals surface area (Å²) < 4.78 is 11.0. The van der Waals surface area contributed by atoms with Gasteiger partial charge in [-0.25, -0.2) is 0 Å². The smallest absolute Gasteiger partial charge is 0.122 e. The van der Waals surface area contributed by atoms with Gasteiger partial charge in [-0.2, -0.15) is 0 Å². The fourth-order valence-corrected chi connectivity index (χ4v) is 2.47. The van der Waals surface area contributed by atoms with Crippen LogP contribution in [0.15, 0.2) is 18.2 Å². The number of ether oxygens (including phenoxy) is 2. The lowest BCUT2D eigenvalue weighted by Crippen LogP contribution is -2.19. The summed E-state index contributed by atoms with van der Waals surface area (Å²) in [7, 11) is 1.75. The first kappa shape index (κ1) is 21.0. The molecule has 0 aliphatic rings. The number of aryl methyl sites for hydroxylation is 2. The molecule has 0 bridgehead atoms. The second kappa shape index (κ2) is 11.5. The molecule has 0 aliphatic heterocycles. The van der Waals surface area contributed by atoms with Crippen molar-refractivity contribution in [2.75, 3.05) is 20.3 Å². The van der Waals surface area contributed by atoms with Gasteiger partial charge in [-0.15, -0.1) is 0 Å². The highest BCUT2D eigenvalue weighted by Gasteiger charge is 2.17. The Labute approximate surface area is 138 Å². The van der Waals surface area contributed by atoms with Gasteiger partial charge in [-0.05, 0) is 50.2 Å². The lowest BCUT2D eigenvalue weighted by atomic mass is 9.87. The van der Waals surface area contributed by atoms with Crippen LogP contribution in [-0.4, -0.2) is 20.3 Å². The molecule has 0 amide bonds. The molecule has 128 valence electrons. The minimum absolute atomic E-state index is 0.284. The molecule has 0 atom stereocenters. The van der Waals surface area contributed by atoms with Crippen molar-refractivity contribution in [2.45, 2.75) is 67.2 Å². The van der Waals surface area contributed by atoms with Gasteiger partial charge in [0.05, 0.1) is 13.7 Å². The van der Waals surface area contributed by atoms with Crippen LogP contribution in [0.4, 0.5) is 0 Å². The van der Waals surface area contributed by atoms with Crippen molar-refractivity contribution < 1.29 is 9.47 Å². The quantitative estimate of drug-likeness (QED) is 0.536. The third-order valence-corrected chi connectivity index (χ3v) is 3.68. The number of unbranched alkanes of at least 4 members (excludes halogenated alkanes) is 1. The van der Waals surface area contributed by atoms with Gasteiger partial charge in [0.2, 0.25) is 0 Å². The summed E-state index contributed by atoms with van der Waals surface area (Å²) in [6.07, 6.45) is 4.74. The van der Waals surface area contributed by atoms with Crippen molar-refractivity contribution in [2.24, 2.45) is 5.41 Å². The molecule has 0 aromatic heterocycles. The Balaban J connectivity index is 0.00000211. The molecular formula is C20H36O2. The first-order valence-electron chi connectivity index (χ1n) is 8.70. The van der Waals surface area contributed by atoms with Crippen LogP contribution in [0.3, 0.4) is 0 Å². The van der Waals surface area contributed by atoms with Crippen LogP contribution >= 0.6 is 0 Å². The number of methoxy groups -OCH3 is 1. The highest BCUT2D eigenvalue weighted by molar-refractivity contribution is 5.36. The van der Waals surface area contributed by atoms with Crippen molar-refractivity contribution in [3.63, 3.8) is 0 Å². The average Bonchev–Trinajstić information content (AvgIpc) is 2.52. The van der Waals surface area contributed by atoms with Gasteiger partial charge < -0.3 is 9.47 Å². The maximum absolute atomic E-state index is 5.55. The summed E-state index contributed by atoms with van der Waals surface area (Å²) in [6, 6.07) is 6.42. The van der Waals surface area contributed by atoms with Crippen molar-refractivity contribution in [1.29, 1.82) is 0 Å². The normalized spacial score (nSPS) is 10.9. The van der Waals surface area contributed by atoms with E-state index in [1.54, 1.807) is 7.11 Å². The van der Waals surface area contributed by atoms with Crippen molar-refractivity contribution in [3.8, 4) is 5.75 Å². The molecule has 2 nitrogen and oxygen atoms in total. The molecule has 0 radical (unpaired) electrons. The SMILES string of the molecule is CC.CCOCC(C)(C)CCCCc1cc(C)ccc1OC. The Kier molecular flexibility index (Phi) is 11.0. The second-order valence-corrected chi connectivity index (χ2v) is 6.32. The molecule has 0 aliphatic carbocycles. The fraction of sp³-hybridized carbons (Fsp3) is 0.700. The van der Waals surface area contributed by atoms with Gasteiger partial charge in [-0.3, -0.25) is 0 Å². The fourth-order valence-electron chi connectivity index (χ4n) is 2.47. The van der Waals surface area contributed by atoms with Gasteiger partial charge in [0.1, 0.15) is 5.75 Å². The molecule has 0 unspecified atom stereocenters. The molecule has 0 spiro atoms. The van der Waals surface area contributed by atoms with E-state index in [1.165, 1.54) is 30.4 Å². The van der Waals surface area contributed by atoms with Gasteiger partial charge in [0.15, 0.2) is 0 Å². The third kappa shape index (κ3) is 8.43. The summed E-state index contributed by atoms with van der Waals surface area (Å²) in [6.45, 7) is 14.4. The summed E-state index contributed by atoms with van der Waals surface area (Å²) in [5, 5.41) is 0. The first-order chi connectivity index (χ1) is 10.5. The largest absolute Gasteiger partial charge is 0.496 e. The van der Waals surface area contributed by atoms with E-state index in [0.717, 1.165) is 25.4 Å². The Morgan fingerprint density at radius 3 is 2.36 bits per heavy atom. The van der Waals surface area contributed by atoms with E-state index in [-0.39, 0.29) is 5.41 Å². The van der Waals surface area contributed by atoms with E-state index in [2.05, 4.69) is 45.9 Å². The van der Waals surface area contributed by atoms with Crippen molar-refractivity contribution in [3.05, 3.63) is 29.3 Å². The summed E-state index contributed by atoms with van der Waals surface area (Å²) in [5.41, 5.74) is 2.92. The Morgan fingerprint density at radius 1 is 1.09 bits per heavy atom. The number of hydrogen-bond acceptors (Lipinski definition) is 2. The van der Waals surface area contributed by atoms with Gasteiger partial charge in [-0.1, -0.05) is 51.8 Å². The first-order valence-corrected chi connectivity index (χ1v) is 8.70. The van der Waals surface area contributed by atoms with Crippen LogP contribution in [0.1, 0.15) is 65.0 Å². The van der Waals surface area contributed by atoms with Gasteiger partial charge >= 0.3 is 0 Å². The average molecular weight is 309 g/mol. The molecular weight excluding hydrogens is 272 g/mol. The Morgan fingerprint density at radius 2 is 1.77 bits per heavy atom. The monoisotopic (exact) mass is 308 g/mol. The standard InChI is InChI=1S/C18H30O2.C2H6/c1-6-20-14-18(3,4)12-8-7-9-16-13-15(2)10-11-17(16)19-5;1-2/h10-11,13H,6-9,12,14H2,1-5H3;1-2H3. The van der Waals surface area contributed by atoms with Crippen LogP contribution in [-0.2, 0) is 11.2 Å². The Hall–Kier alpha value is -1.02. The third-order valence-electron chi connectivity index (χ3n) is 3.68. The van der Waals surface area contributed by atoms with Gasteiger partial charge in [0, 0.05) is 6.61 Å². The highest BCUT2D eigenvalue weighted by atomic mass is 16.5. The molecule has 22 heavy (non-hydrogen) atoms. The minimum Gasteiger partial charge on any atom is -0.496 e. The van der Waals surface area contributed by atoms with E-state index < -0.39 is 0 Å². The van der Waals surface area contributed by atoms with E-state index in [9.17, 15) is 0 Å². The van der Waals surface area contributed by atoms with Crippen LogP contribution in [0.5, 0.6) is 5.75 Å². The lowest BCUT2D eigenvalue weighted by Gasteiger charge is -2.24. The predicted octanol–water partition coefficient (Wildman–Crippen LogP) is 5.81. The summed E-state index contributed by atoms with van der Waals surface area (Å²) in [5.74, 6) is 1.02. The van der Waals surface area contributed by atoms with E-state index in [4.69, 9.17) is 9.47 Å². The molecule has 0 heterocycles. The zero-order chi connectivity index (χ0) is 17.0. The second-order valence-electron chi connectivity index (χ2n) is 6.32. The van der Waals surface area contributed by atoms with E-state index >= 15 is 0 Å². The predicted molar refractivity (Wildman–Crippen MR) is 96.9 cm³/mol. The zero-order valence-corrected chi connectivity index (χ0v) is 15.8. The van der Waals surface area contributed by atoms with Crippen molar-refractivity contribution >= 4 is 0 Å². The summed E-state index contributed by atoms with van der Waals surface area (Å²) in [4.78, 5) is 0. The van der Waals surface area contributed by atoms with Crippen LogP contribution < -0.4 is 4.74 Å². The minimum atomic E-state index is 0.284. The molecule has 0 saturated carbocycles. The Bertz CT molecular complexity index is 397. The number of rotatable bonds is 9. The molecule has 1 aromatic rings. The van der Waals surface area contributed by atoms with E-state index in [0.29, 0.717) is 0 Å². The number of hydrogen-bond donors (Lipinski definition) is 0. The lowest BCUT2D eigenvalue weighted by molar-refractivity contribution is 0.0646. The molecule has 0 N–H and O–H groups in total. The maximum atomic E-state index is 5.55. The molecule has 1 aromatic carbocycles. The van der Waals surface area contributed by atoms with Gasteiger partial charge in [0.25, 0.3) is 0 Å².